The number of amides is 1. The maximum absolute atomic E-state index is 13.4. The molecule has 1 aromatic heterocycles. The molecule has 0 unspecified atom stereocenters. The average Bonchev–Trinajstić information content (AvgIpc) is 3.24. The Hall–Kier alpha value is -2.54. The van der Waals surface area contributed by atoms with Gasteiger partial charge in [0.15, 0.2) is 0 Å². The molecule has 29 heavy (non-hydrogen) atoms. The molecule has 0 aliphatic carbocycles. The Morgan fingerprint density at radius 1 is 1.10 bits per heavy atom. The van der Waals surface area contributed by atoms with Gasteiger partial charge in [0.05, 0.1) is 24.7 Å². The quantitative estimate of drug-likeness (QED) is 0.709. The zero-order valence-electron chi connectivity index (χ0n) is 16.0. The van der Waals surface area contributed by atoms with E-state index in [1.807, 2.05) is 65.0 Å². The summed E-state index contributed by atoms with van der Waals surface area (Å²) in [6.07, 6.45) is 1.83. The first-order valence-electron chi connectivity index (χ1n) is 9.88. The van der Waals surface area contributed by atoms with Crippen LogP contribution in [0.1, 0.15) is 26.8 Å². The van der Waals surface area contributed by atoms with E-state index in [2.05, 4.69) is 22.0 Å². The van der Waals surface area contributed by atoms with Crippen LogP contribution in [0.2, 0.25) is 0 Å². The van der Waals surface area contributed by atoms with Crippen molar-refractivity contribution in [3.05, 3.63) is 88.4 Å². The number of aliphatic hydroxyl groups is 1. The molecule has 1 spiro atoms. The smallest absolute Gasteiger partial charge is 0.254 e. The molecule has 0 bridgehead atoms. The fraction of sp³-hybridized carbons (Fsp3) is 0.304. The molecule has 1 amide bonds. The molecule has 2 aromatic carbocycles. The molecule has 1 N–H and O–H groups in total. The SMILES string of the molecule is O=C(c1ccccc1)N1[C@@H](CO)[C@@H](c2ccccc2)C12CN(Cc1nccs1)C2. The summed E-state index contributed by atoms with van der Waals surface area (Å²) in [6, 6.07) is 19.5. The van der Waals surface area contributed by atoms with Crippen LogP contribution in [0, 0.1) is 0 Å². The van der Waals surface area contributed by atoms with Crippen LogP contribution in [0.25, 0.3) is 0 Å². The van der Waals surface area contributed by atoms with Crippen molar-refractivity contribution in [1.82, 2.24) is 14.8 Å². The predicted molar refractivity (Wildman–Crippen MR) is 113 cm³/mol. The fourth-order valence-electron chi connectivity index (χ4n) is 5.07. The number of aliphatic hydroxyl groups excluding tert-OH is 1. The van der Waals surface area contributed by atoms with Crippen molar-refractivity contribution in [3.8, 4) is 0 Å². The van der Waals surface area contributed by atoms with Crippen molar-refractivity contribution in [2.75, 3.05) is 19.7 Å². The van der Waals surface area contributed by atoms with Gasteiger partial charge in [-0.2, -0.15) is 0 Å². The normalized spacial score (nSPS) is 22.9. The maximum Gasteiger partial charge on any atom is 0.254 e. The number of nitrogens with zero attached hydrogens (tertiary/aromatic N) is 3. The Morgan fingerprint density at radius 2 is 1.79 bits per heavy atom. The number of likely N-dealkylation sites (tertiary alicyclic amines) is 2. The van der Waals surface area contributed by atoms with Gasteiger partial charge in [-0.25, -0.2) is 4.98 Å². The molecule has 0 saturated carbocycles. The number of carbonyl (C=O) groups is 1. The number of hydrogen-bond acceptors (Lipinski definition) is 5. The molecule has 0 radical (unpaired) electrons. The zero-order valence-corrected chi connectivity index (χ0v) is 16.8. The number of rotatable bonds is 5. The first kappa shape index (κ1) is 18.5. The van der Waals surface area contributed by atoms with Gasteiger partial charge in [-0.3, -0.25) is 9.69 Å². The van der Waals surface area contributed by atoms with Crippen LogP contribution in [-0.4, -0.2) is 57.1 Å². The van der Waals surface area contributed by atoms with Gasteiger partial charge in [0.1, 0.15) is 5.01 Å². The van der Waals surface area contributed by atoms with Gasteiger partial charge in [-0.15, -0.1) is 11.3 Å². The molecule has 3 heterocycles. The molecule has 2 aliphatic heterocycles. The third-order valence-corrected chi connectivity index (χ3v) is 6.96. The summed E-state index contributed by atoms with van der Waals surface area (Å²) in [4.78, 5) is 22.1. The van der Waals surface area contributed by atoms with Crippen LogP contribution < -0.4 is 0 Å². The molecule has 2 saturated heterocycles. The monoisotopic (exact) mass is 405 g/mol. The van der Waals surface area contributed by atoms with Gasteiger partial charge in [-0.1, -0.05) is 48.5 Å². The number of benzene rings is 2. The zero-order chi connectivity index (χ0) is 19.8. The Balaban J connectivity index is 1.46. The highest BCUT2D eigenvalue weighted by Gasteiger charge is 2.67. The molecule has 148 valence electrons. The first-order chi connectivity index (χ1) is 14.2. The van der Waals surface area contributed by atoms with Crippen molar-refractivity contribution in [2.24, 2.45) is 0 Å². The van der Waals surface area contributed by atoms with Crippen LogP contribution in [0.5, 0.6) is 0 Å². The van der Waals surface area contributed by atoms with Crippen molar-refractivity contribution < 1.29 is 9.90 Å². The first-order valence-corrected chi connectivity index (χ1v) is 10.8. The van der Waals surface area contributed by atoms with E-state index in [1.54, 1.807) is 11.3 Å². The Morgan fingerprint density at radius 3 is 2.41 bits per heavy atom. The van der Waals surface area contributed by atoms with Crippen LogP contribution in [-0.2, 0) is 6.54 Å². The van der Waals surface area contributed by atoms with Crippen LogP contribution in [0.4, 0.5) is 0 Å². The Bertz CT molecular complexity index is 972. The van der Waals surface area contributed by atoms with Gasteiger partial charge in [-0.05, 0) is 17.7 Å². The fourth-order valence-corrected chi connectivity index (χ4v) is 5.73. The van der Waals surface area contributed by atoms with Crippen molar-refractivity contribution in [3.63, 3.8) is 0 Å². The van der Waals surface area contributed by atoms with E-state index in [0.717, 1.165) is 24.6 Å². The highest BCUT2D eigenvalue weighted by atomic mass is 32.1. The molecule has 2 fully saturated rings. The lowest BCUT2D eigenvalue weighted by molar-refractivity contribution is -0.166. The summed E-state index contributed by atoms with van der Waals surface area (Å²) < 4.78 is 0. The second kappa shape index (κ2) is 7.37. The van der Waals surface area contributed by atoms with Gasteiger partial charge in [0.2, 0.25) is 0 Å². The lowest BCUT2D eigenvalue weighted by atomic mass is 9.60. The second-order valence-electron chi connectivity index (χ2n) is 7.85. The van der Waals surface area contributed by atoms with Crippen molar-refractivity contribution >= 4 is 17.2 Å². The molecule has 5 rings (SSSR count). The Kier molecular flexibility index (Phi) is 4.70. The van der Waals surface area contributed by atoms with Gasteiger partial charge < -0.3 is 10.0 Å². The molecule has 5 nitrogen and oxygen atoms in total. The number of aromatic nitrogens is 1. The lowest BCUT2D eigenvalue weighted by Gasteiger charge is -2.70. The largest absolute Gasteiger partial charge is 0.394 e. The highest BCUT2D eigenvalue weighted by Crippen LogP contribution is 2.54. The third kappa shape index (κ3) is 2.99. The van der Waals surface area contributed by atoms with Crippen molar-refractivity contribution in [2.45, 2.75) is 24.0 Å². The third-order valence-electron chi connectivity index (χ3n) is 6.20. The van der Waals surface area contributed by atoms with E-state index in [0.29, 0.717) is 5.56 Å². The van der Waals surface area contributed by atoms with E-state index < -0.39 is 0 Å². The summed E-state index contributed by atoms with van der Waals surface area (Å²) in [5, 5.41) is 13.3. The van der Waals surface area contributed by atoms with E-state index in [1.165, 1.54) is 5.56 Å². The minimum Gasteiger partial charge on any atom is -0.394 e. The van der Waals surface area contributed by atoms with Crippen LogP contribution >= 0.6 is 11.3 Å². The summed E-state index contributed by atoms with van der Waals surface area (Å²) in [6.45, 7) is 2.35. The van der Waals surface area contributed by atoms with Crippen LogP contribution in [0.15, 0.2) is 72.2 Å². The topological polar surface area (TPSA) is 56.7 Å². The molecular weight excluding hydrogens is 382 g/mol. The number of hydrogen-bond donors (Lipinski definition) is 1. The van der Waals surface area contributed by atoms with Crippen LogP contribution in [0.3, 0.4) is 0 Å². The molecule has 6 heteroatoms. The van der Waals surface area contributed by atoms with E-state index in [9.17, 15) is 9.90 Å². The molecule has 2 atom stereocenters. The second-order valence-corrected chi connectivity index (χ2v) is 8.83. The molecule has 3 aromatic rings. The summed E-state index contributed by atoms with van der Waals surface area (Å²) in [5.41, 5.74) is 1.59. The van der Waals surface area contributed by atoms with Gasteiger partial charge in [0, 0.05) is 36.1 Å². The Labute approximate surface area is 174 Å². The van der Waals surface area contributed by atoms with Gasteiger partial charge in [0.25, 0.3) is 5.91 Å². The summed E-state index contributed by atoms with van der Waals surface area (Å²) in [5.74, 6) is 0.139. The van der Waals surface area contributed by atoms with E-state index in [-0.39, 0.29) is 30.0 Å². The minimum atomic E-state index is -0.279. The van der Waals surface area contributed by atoms with E-state index >= 15 is 0 Å². The standard InChI is InChI=1S/C23H23N3O2S/c27-14-19-21(17-7-3-1-4-8-17)23(15-25(16-23)13-20-24-11-12-29-20)26(19)22(28)18-9-5-2-6-10-18/h1-12,19,21,27H,13-16H2/t19-,21+/m0/s1. The molecular formula is C23H23N3O2S. The summed E-state index contributed by atoms with van der Waals surface area (Å²) >= 11 is 1.66. The highest BCUT2D eigenvalue weighted by molar-refractivity contribution is 7.09. The van der Waals surface area contributed by atoms with Gasteiger partial charge >= 0.3 is 0 Å². The number of carbonyl (C=O) groups excluding carboxylic acids is 1. The summed E-state index contributed by atoms with van der Waals surface area (Å²) in [7, 11) is 0. The average molecular weight is 406 g/mol. The minimum absolute atomic E-state index is 0.00531. The maximum atomic E-state index is 13.4. The van der Waals surface area contributed by atoms with E-state index in [4.69, 9.17) is 0 Å². The molecule has 2 aliphatic rings. The number of thiazole rings is 1. The predicted octanol–water partition coefficient (Wildman–Crippen LogP) is 3.00. The lowest BCUT2D eigenvalue weighted by Crippen LogP contribution is -2.85. The van der Waals surface area contributed by atoms with Crippen molar-refractivity contribution in [1.29, 1.82) is 0 Å².